The zero-order valence-electron chi connectivity index (χ0n) is 12.4. The first-order chi connectivity index (χ1) is 10.9. The van der Waals surface area contributed by atoms with Crippen molar-refractivity contribution in [3.05, 3.63) is 60.2 Å². The van der Waals surface area contributed by atoms with Gasteiger partial charge in [-0.1, -0.05) is 24.3 Å². The van der Waals surface area contributed by atoms with Crippen molar-refractivity contribution in [2.24, 2.45) is 0 Å². The average molecular weight is 332 g/mol. The van der Waals surface area contributed by atoms with Crippen LogP contribution in [0.3, 0.4) is 0 Å². The molecular formula is C16H16N2O4S. The number of anilines is 1. The van der Waals surface area contributed by atoms with Gasteiger partial charge in [0.2, 0.25) is 5.91 Å². The third-order valence-electron chi connectivity index (χ3n) is 2.99. The number of para-hydroxylation sites is 1. The molecule has 2 rings (SSSR count). The lowest BCUT2D eigenvalue weighted by molar-refractivity contribution is -0.115. The summed E-state index contributed by atoms with van der Waals surface area (Å²) in [5, 5.41) is 5.09. The van der Waals surface area contributed by atoms with Gasteiger partial charge in [0.1, 0.15) is 0 Å². The van der Waals surface area contributed by atoms with Gasteiger partial charge < -0.3 is 10.6 Å². The van der Waals surface area contributed by atoms with E-state index in [-0.39, 0.29) is 22.9 Å². The number of amides is 2. The smallest absolute Gasteiger partial charge is 0.251 e. The van der Waals surface area contributed by atoms with Crippen molar-refractivity contribution in [1.82, 2.24) is 5.32 Å². The van der Waals surface area contributed by atoms with Gasteiger partial charge in [0, 0.05) is 17.5 Å². The summed E-state index contributed by atoms with van der Waals surface area (Å²) in [7, 11) is -3.39. The van der Waals surface area contributed by atoms with E-state index in [1.807, 2.05) is 6.07 Å². The average Bonchev–Trinajstić information content (AvgIpc) is 2.53. The van der Waals surface area contributed by atoms with E-state index in [1.54, 1.807) is 24.3 Å². The summed E-state index contributed by atoms with van der Waals surface area (Å²) in [6.45, 7) is -0.211. The highest BCUT2D eigenvalue weighted by atomic mass is 32.2. The number of hydrogen-bond acceptors (Lipinski definition) is 4. The highest BCUT2D eigenvalue weighted by Crippen LogP contribution is 2.11. The predicted molar refractivity (Wildman–Crippen MR) is 87.0 cm³/mol. The molecule has 23 heavy (non-hydrogen) atoms. The van der Waals surface area contributed by atoms with Crippen molar-refractivity contribution >= 4 is 27.3 Å². The molecule has 120 valence electrons. The first-order valence-electron chi connectivity index (χ1n) is 6.79. The number of carbonyl (C=O) groups is 2. The van der Waals surface area contributed by atoms with Crippen molar-refractivity contribution in [3.8, 4) is 0 Å². The van der Waals surface area contributed by atoms with Gasteiger partial charge in [-0.25, -0.2) is 8.42 Å². The monoisotopic (exact) mass is 332 g/mol. The molecule has 0 atom stereocenters. The largest absolute Gasteiger partial charge is 0.343 e. The molecule has 0 unspecified atom stereocenters. The molecule has 0 spiro atoms. The van der Waals surface area contributed by atoms with Crippen LogP contribution in [0.25, 0.3) is 0 Å². The molecule has 2 aromatic rings. The summed E-state index contributed by atoms with van der Waals surface area (Å²) in [6, 6.07) is 14.5. The van der Waals surface area contributed by atoms with Crippen LogP contribution in [0.15, 0.2) is 59.5 Å². The molecule has 0 saturated heterocycles. The van der Waals surface area contributed by atoms with E-state index in [2.05, 4.69) is 10.6 Å². The summed E-state index contributed by atoms with van der Waals surface area (Å²) in [5.41, 5.74) is 0.811. The molecule has 0 aromatic heterocycles. The van der Waals surface area contributed by atoms with Crippen LogP contribution >= 0.6 is 0 Å². The summed E-state index contributed by atoms with van der Waals surface area (Å²) in [4.78, 5) is 23.8. The standard InChI is InChI=1S/C16H16N2O4S/c1-23(21,22)14-9-5-6-12(10-14)16(20)17-11-15(19)18-13-7-3-2-4-8-13/h2-10H,11H2,1H3,(H,17,20)(H,18,19). The van der Waals surface area contributed by atoms with Crippen LogP contribution in [0, 0.1) is 0 Å². The molecule has 0 fully saturated rings. The lowest BCUT2D eigenvalue weighted by Crippen LogP contribution is -2.32. The molecular weight excluding hydrogens is 316 g/mol. The van der Waals surface area contributed by atoms with Crippen LogP contribution in [-0.2, 0) is 14.6 Å². The lowest BCUT2D eigenvalue weighted by Gasteiger charge is -2.07. The molecule has 0 aliphatic rings. The van der Waals surface area contributed by atoms with Crippen molar-refractivity contribution in [1.29, 1.82) is 0 Å². The van der Waals surface area contributed by atoms with Gasteiger partial charge in [-0.05, 0) is 30.3 Å². The molecule has 2 aromatic carbocycles. The zero-order chi connectivity index (χ0) is 16.9. The minimum Gasteiger partial charge on any atom is -0.343 e. The number of rotatable bonds is 5. The highest BCUT2D eigenvalue weighted by Gasteiger charge is 2.12. The van der Waals surface area contributed by atoms with Gasteiger partial charge in [-0.15, -0.1) is 0 Å². The fraction of sp³-hybridized carbons (Fsp3) is 0.125. The van der Waals surface area contributed by atoms with Crippen molar-refractivity contribution in [2.45, 2.75) is 4.90 Å². The summed E-state index contributed by atoms with van der Waals surface area (Å²) in [5.74, 6) is -0.887. The Morgan fingerprint density at radius 1 is 1.00 bits per heavy atom. The first-order valence-corrected chi connectivity index (χ1v) is 8.68. The van der Waals surface area contributed by atoms with E-state index < -0.39 is 15.7 Å². The van der Waals surface area contributed by atoms with Crippen LogP contribution < -0.4 is 10.6 Å². The van der Waals surface area contributed by atoms with Crippen molar-refractivity contribution in [3.63, 3.8) is 0 Å². The Morgan fingerprint density at radius 2 is 1.70 bits per heavy atom. The zero-order valence-corrected chi connectivity index (χ0v) is 13.3. The van der Waals surface area contributed by atoms with E-state index in [1.165, 1.54) is 24.3 Å². The molecule has 0 radical (unpaired) electrons. The molecule has 0 aliphatic heterocycles. The minimum absolute atomic E-state index is 0.0545. The third-order valence-corrected chi connectivity index (χ3v) is 4.10. The van der Waals surface area contributed by atoms with E-state index in [9.17, 15) is 18.0 Å². The molecule has 2 amide bonds. The van der Waals surface area contributed by atoms with E-state index in [0.717, 1.165) is 6.26 Å². The Bertz CT molecular complexity index is 817. The second kappa shape index (κ2) is 7.06. The number of nitrogens with one attached hydrogen (secondary N) is 2. The van der Waals surface area contributed by atoms with Crippen LogP contribution in [0.2, 0.25) is 0 Å². The maximum atomic E-state index is 12.0. The van der Waals surface area contributed by atoms with Gasteiger partial charge in [0.25, 0.3) is 5.91 Å². The Kier molecular flexibility index (Phi) is 5.13. The molecule has 6 nitrogen and oxygen atoms in total. The van der Waals surface area contributed by atoms with E-state index in [4.69, 9.17) is 0 Å². The topological polar surface area (TPSA) is 92.3 Å². The van der Waals surface area contributed by atoms with E-state index >= 15 is 0 Å². The molecule has 0 heterocycles. The third kappa shape index (κ3) is 4.93. The maximum Gasteiger partial charge on any atom is 0.251 e. The number of sulfone groups is 1. The molecule has 2 N–H and O–H groups in total. The van der Waals surface area contributed by atoms with Gasteiger partial charge in [0.05, 0.1) is 11.4 Å². The Hall–Kier alpha value is -2.67. The second-order valence-corrected chi connectivity index (χ2v) is 6.91. The van der Waals surface area contributed by atoms with Gasteiger partial charge in [0.15, 0.2) is 9.84 Å². The second-order valence-electron chi connectivity index (χ2n) is 4.90. The SMILES string of the molecule is CS(=O)(=O)c1cccc(C(=O)NCC(=O)Nc2ccccc2)c1. The molecule has 0 saturated carbocycles. The summed E-state index contributed by atoms with van der Waals surface area (Å²) in [6.07, 6.45) is 1.07. The molecule has 0 bridgehead atoms. The quantitative estimate of drug-likeness (QED) is 0.867. The van der Waals surface area contributed by atoms with Gasteiger partial charge >= 0.3 is 0 Å². The van der Waals surface area contributed by atoms with Crippen molar-refractivity contribution in [2.75, 3.05) is 18.1 Å². The van der Waals surface area contributed by atoms with Crippen molar-refractivity contribution < 1.29 is 18.0 Å². The number of benzene rings is 2. The lowest BCUT2D eigenvalue weighted by atomic mass is 10.2. The van der Waals surface area contributed by atoms with Gasteiger partial charge in [-0.2, -0.15) is 0 Å². The normalized spacial score (nSPS) is 10.8. The fourth-order valence-corrected chi connectivity index (χ4v) is 2.52. The maximum absolute atomic E-state index is 12.0. The van der Waals surface area contributed by atoms with Crippen LogP contribution in [0.4, 0.5) is 5.69 Å². The fourth-order valence-electron chi connectivity index (χ4n) is 1.86. The Labute approximate surface area is 134 Å². The number of carbonyl (C=O) groups excluding carboxylic acids is 2. The Morgan fingerprint density at radius 3 is 2.35 bits per heavy atom. The van der Waals surface area contributed by atoms with Crippen LogP contribution in [0.5, 0.6) is 0 Å². The minimum atomic E-state index is -3.39. The van der Waals surface area contributed by atoms with Gasteiger partial charge in [-0.3, -0.25) is 9.59 Å². The van der Waals surface area contributed by atoms with Crippen LogP contribution in [0.1, 0.15) is 10.4 Å². The molecule has 0 aliphatic carbocycles. The molecule has 7 heteroatoms. The highest BCUT2D eigenvalue weighted by molar-refractivity contribution is 7.90. The van der Waals surface area contributed by atoms with E-state index in [0.29, 0.717) is 5.69 Å². The summed E-state index contributed by atoms with van der Waals surface area (Å²) >= 11 is 0. The Balaban J connectivity index is 1.96. The first kappa shape index (κ1) is 16.7. The predicted octanol–water partition coefficient (Wildman–Crippen LogP) is 1.46. The number of hydrogen-bond donors (Lipinski definition) is 2. The van der Waals surface area contributed by atoms with Crippen LogP contribution in [-0.4, -0.2) is 33.0 Å². The summed E-state index contributed by atoms with van der Waals surface area (Å²) < 4.78 is 23.0.